The molecule has 0 spiro atoms. The van der Waals surface area contributed by atoms with Gasteiger partial charge in [-0.1, -0.05) is 30.3 Å². The molecule has 0 bridgehead atoms. The van der Waals surface area contributed by atoms with Crippen molar-refractivity contribution in [3.8, 4) is 0 Å². The van der Waals surface area contributed by atoms with Crippen LogP contribution in [-0.4, -0.2) is 67.2 Å². The second-order valence-electron chi connectivity index (χ2n) is 6.09. The van der Waals surface area contributed by atoms with Crippen molar-refractivity contribution >= 4 is 5.96 Å². The first kappa shape index (κ1) is 15.8. The molecule has 1 atom stereocenters. The molecule has 1 saturated heterocycles. The molecule has 1 aromatic carbocycles. The van der Waals surface area contributed by atoms with Gasteiger partial charge in [0.2, 0.25) is 0 Å². The van der Waals surface area contributed by atoms with E-state index in [9.17, 15) is 5.11 Å². The van der Waals surface area contributed by atoms with E-state index in [4.69, 9.17) is 0 Å². The number of guanidine groups is 1. The van der Waals surface area contributed by atoms with E-state index in [1.165, 1.54) is 5.56 Å². The molecule has 1 aromatic rings. The van der Waals surface area contributed by atoms with E-state index in [0.29, 0.717) is 19.6 Å². The van der Waals surface area contributed by atoms with Gasteiger partial charge in [-0.15, -0.1) is 0 Å². The zero-order chi connectivity index (χ0) is 15.3. The van der Waals surface area contributed by atoms with Gasteiger partial charge in [0.15, 0.2) is 5.96 Å². The number of hydrogen-bond acceptors (Lipinski definition) is 3. The van der Waals surface area contributed by atoms with Gasteiger partial charge in [0.1, 0.15) is 0 Å². The molecule has 21 heavy (non-hydrogen) atoms. The topological polar surface area (TPSA) is 51.1 Å². The van der Waals surface area contributed by atoms with Crippen molar-refractivity contribution in [2.75, 3.05) is 40.8 Å². The van der Waals surface area contributed by atoms with Crippen LogP contribution < -0.4 is 5.32 Å². The summed E-state index contributed by atoms with van der Waals surface area (Å²) in [6.07, 6.45) is 0.801. The molecule has 2 N–H and O–H groups in total. The maximum absolute atomic E-state index is 10.5. The molecule has 1 unspecified atom stereocenters. The molecule has 0 radical (unpaired) electrons. The van der Waals surface area contributed by atoms with Gasteiger partial charge in [-0.05, 0) is 19.0 Å². The zero-order valence-corrected chi connectivity index (χ0v) is 13.2. The van der Waals surface area contributed by atoms with Crippen molar-refractivity contribution in [1.29, 1.82) is 0 Å². The van der Waals surface area contributed by atoms with Gasteiger partial charge in [-0.2, -0.15) is 0 Å². The highest BCUT2D eigenvalue weighted by Crippen LogP contribution is 2.18. The average molecular weight is 290 g/mol. The minimum Gasteiger partial charge on any atom is -0.387 e. The van der Waals surface area contributed by atoms with Crippen LogP contribution in [0.2, 0.25) is 0 Å². The van der Waals surface area contributed by atoms with Crippen LogP contribution in [0.3, 0.4) is 0 Å². The van der Waals surface area contributed by atoms with Crippen LogP contribution in [-0.2, 0) is 6.54 Å². The fourth-order valence-corrected chi connectivity index (χ4v) is 2.55. The van der Waals surface area contributed by atoms with Gasteiger partial charge >= 0.3 is 0 Å². The summed E-state index contributed by atoms with van der Waals surface area (Å²) < 4.78 is 0. The molecule has 0 saturated carbocycles. The predicted molar refractivity (Wildman–Crippen MR) is 86.3 cm³/mol. The maximum atomic E-state index is 10.5. The van der Waals surface area contributed by atoms with Crippen molar-refractivity contribution in [3.05, 3.63) is 35.9 Å². The average Bonchev–Trinajstić information content (AvgIpc) is 2.79. The lowest BCUT2D eigenvalue weighted by molar-refractivity contribution is 0.0558. The van der Waals surface area contributed by atoms with Crippen molar-refractivity contribution in [1.82, 2.24) is 15.1 Å². The SMILES string of the molecule is CN1CCC(O)(CNC(=NCc2ccccc2)N(C)C)C1. The Hall–Kier alpha value is -1.59. The third-order valence-electron chi connectivity index (χ3n) is 3.78. The number of rotatable bonds is 4. The fraction of sp³-hybridized carbons (Fsp3) is 0.562. The number of aliphatic imine (C=N–C) groups is 1. The number of benzene rings is 1. The van der Waals surface area contributed by atoms with Crippen LogP contribution in [0.5, 0.6) is 0 Å². The first-order valence-electron chi connectivity index (χ1n) is 7.39. The first-order valence-corrected chi connectivity index (χ1v) is 7.39. The largest absolute Gasteiger partial charge is 0.387 e. The number of likely N-dealkylation sites (N-methyl/N-ethyl adjacent to an activating group) is 1. The highest BCUT2D eigenvalue weighted by molar-refractivity contribution is 5.79. The molecule has 0 amide bonds. The number of nitrogens with zero attached hydrogens (tertiary/aromatic N) is 3. The first-order chi connectivity index (χ1) is 9.98. The Labute approximate surface area is 127 Å². The van der Waals surface area contributed by atoms with E-state index in [1.54, 1.807) is 0 Å². The minimum atomic E-state index is -0.654. The van der Waals surface area contributed by atoms with Crippen LogP contribution in [0.4, 0.5) is 0 Å². The van der Waals surface area contributed by atoms with Gasteiger partial charge in [-0.25, -0.2) is 4.99 Å². The minimum absolute atomic E-state index is 0.531. The highest BCUT2D eigenvalue weighted by Gasteiger charge is 2.34. The van der Waals surface area contributed by atoms with Crippen molar-refractivity contribution in [2.45, 2.75) is 18.6 Å². The van der Waals surface area contributed by atoms with E-state index < -0.39 is 5.60 Å². The number of nitrogens with one attached hydrogen (secondary N) is 1. The second kappa shape index (κ2) is 6.91. The summed E-state index contributed by atoms with van der Waals surface area (Å²) in [6, 6.07) is 10.2. The lowest BCUT2D eigenvalue weighted by atomic mass is 10.0. The molecule has 0 aromatic heterocycles. The lowest BCUT2D eigenvalue weighted by Crippen LogP contribution is -2.48. The summed E-state index contributed by atoms with van der Waals surface area (Å²) in [5.74, 6) is 0.807. The van der Waals surface area contributed by atoms with Gasteiger partial charge in [0.25, 0.3) is 0 Å². The molecule has 1 aliphatic heterocycles. The number of hydrogen-bond donors (Lipinski definition) is 2. The van der Waals surface area contributed by atoms with E-state index in [0.717, 1.165) is 18.9 Å². The quantitative estimate of drug-likeness (QED) is 0.635. The highest BCUT2D eigenvalue weighted by atomic mass is 16.3. The summed E-state index contributed by atoms with van der Waals surface area (Å²) in [5.41, 5.74) is 0.524. The van der Waals surface area contributed by atoms with Crippen LogP contribution in [0.25, 0.3) is 0 Å². The summed E-state index contributed by atoms with van der Waals surface area (Å²) in [7, 11) is 5.96. The van der Waals surface area contributed by atoms with E-state index in [2.05, 4.69) is 27.3 Å². The van der Waals surface area contributed by atoms with Crippen molar-refractivity contribution in [2.24, 2.45) is 4.99 Å². The number of β-amino-alcohol motifs (C(OH)–C–C–N with tert-alkyl or cyclic N) is 1. The number of likely N-dealkylation sites (tertiary alicyclic amines) is 1. The summed E-state index contributed by atoms with van der Waals surface area (Å²) in [4.78, 5) is 8.71. The Kier molecular flexibility index (Phi) is 5.20. The monoisotopic (exact) mass is 290 g/mol. The van der Waals surface area contributed by atoms with Crippen LogP contribution in [0.15, 0.2) is 35.3 Å². The van der Waals surface area contributed by atoms with Crippen molar-refractivity contribution < 1.29 is 5.11 Å². The molecule has 5 heteroatoms. The molecule has 1 fully saturated rings. The number of aliphatic hydroxyl groups is 1. The van der Waals surface area contributed by atoms with E-state index in [-0.39, 0.29) is 0 Å². The summed E-state index contributed by atoms with van der Waals surface area (Å²) >= 11 is 0. The molecule has 1 aliphatic rings. The normalized spacial score (nSPS) is 23.3. The molecule has 0 aliphatic carbocycles. The molecule has 5 nitrogen and oxygen atoms in total. The zero-order valence-electron chi connectivity index (χ0n) is 13.2. The Morgan fingerprint density at radius 3 is 2.67 bits per heavy atom. The molecular formula is C16H26N4O. The standard InChI is InChI=1S/C16H26N4O/c1-19(2)15(17-11-14-7-5-4-6-8-14)18-12-16(21)9-10-20(3)13-16/h4-8,21H,9-13H2,1-3H3,(H,17,18). The Balaban J connectivity index is 1.93. The van der Waals surface area contributed by atoms with E-state index in [1.807, 2.05) is 44.2 Å². The van der Waals surface area contributed by atoms with Crippen molar-refractivity contribution in [3.63, 3.8) is 0 Å². The second-order valence-corrected chi connectivity index (χ2v) is 6.09. The fourth-order valence-electron chi connectivity index (χ4n) is 2.55. The Morgan fingerprint density at radius 2 is 2.10 bits per heavy atom. The van der Waals surface area contributed by atoms with Gasteiger partial charge < -0.3 is 20.2 Å². The predicted octanol–water partition coefficient (Wildman–Crippen LogP) is 0.760. The molecule has 1 heterocycles. The smallest absolute Gasteiger partial charge is 0.193 e. The Bertz CT molecular complexity index is 474. The van der Waals surface area contributed by atoms with Gasteiger partial charge in [-0.3, -0.25) is 0 Å². The van der Waals surface area contributed by atoms with Crippen LogP contribution in [0.1, 0.15) is 12.0 Å². The van der Waals surface area contributed by atoms with Gasteiger partial charge in [0, 0.05) is 33.7 Å². The van der Waals surface area contributed by atoms with Crippen LogP contribution in [0, 0.1) is 0 Å². The maximum Gasteiger partial charge on any atom is 0.193 e. The van der Waals surface area contributed by atoms with Crippen LogP contribution >= 0.6 is 0 Å². The summed E-state index contributed by atoms with van der Waals surface area (Å²) in [5, 5.41) is 13.8. The Morgan fingerprint density at radius 1 is 1.38 bits per heavy atom. The third kappa shape index (κ3) is 4.72. The molecular weight excluding hydrogens is 264 g/mol. The lowest BCUT2D eigenvalue weighted by Gasteiger charge is -2.26. The third-order valence-corrected chi connectivity index (χ3v) is 3.78. The van der Waals surface area contributed by atoms with Gasteiger partial charge in [0.05, 0.1) is 12.1 Å². The summed E-state index contributed by atoms with van der Waals surface area (Å²) in [6.45, 7) is 2.82. The molecule has 2 rings (SSSR count). The van der Waals surface area contributed by atoms with E-state index >= 15 is 0 Å². The molecule has 116 valence electrons.